The lowest BCUT2D eigenvalue weighted by Gasteiger charge is -2.21. The second kappa shape index (κ2) is 4.58. The lowest BCUT2D eigenvalue weighted by atomic mass is 10.2. The molecule has 1 saturated heterocycles. The minimum Gasteiger partial charge on any atom is -0.369 e. The molecule has 1 aromatic carbocycles. The molecular weight excluding hydrogens is 274 g/mol. The molecule has 1 aliphatic heterocycles. The third-order valence-electron chi connectivity index (χ3n) is 2.77. The van der Waals surface area contributed by atoms with Crippen LogP contribution in [0.15, 0.2) is 12.1 Å². The van der Waals surface area contributed by atoms with E-state index in [1.54, 1.807) is 0 Å². The van der Waals surface area contributed by atoms with Crippen LogP contribution in [0.1, 0.15) is 18.4 Å². The molecule has 0 amide bonds. The molecule has 0 radical (unpaired) electrons. The second-order valence-corrected chi connectivity index (χ2v) is 4.79. The second-order valence-electron chi connectivity index (χ2n) is 3.98. The molecule has 2 rings (SSSR count). The molecule has 0 bridgehead atoms. The molecule has 0 N–H and O–H groups in total. The molecular formula is C11H10Cl2F3N. The number of halogens is 5. The van der Waals surface area contributed by atoms with Crippen LogP contribution in [0.3, 0.4) is 0 Å². The van der Waals surface area contributed by atoms with Crippen molar-refractivity contribution >= 4 is 28.9 Å². The van der Waals surface area contributed by atoms with Crippen molar-refractivity contribution in [3.63, 3.8) is 0 Å². The number of nitrogens with zero attached hydrogens (tertiary/aromatic N) is 1. The normalized spacial score (nSPS) is 16.6. The van der Waals surface area contributed by atoms with Crippen molar-refractivity contribution in [3.05, 3.63) is 27.7 Å². The summed E-state index contributed by atoms with van der Waals surface area (Å²) in [6, 6.07) is 1.86. The van der Waals surface area contributed by atoms with Crippen LogP contribution in [-0.4, -0.2) is 13.1 Å². The highest BCUT2D eigenvalue weighted by Crippen LogP contribution is 2.41. The summed E-state index contributed by atoms with van der Waals surface area (Å²) < 4.78 is 37.6. The summed E-state index contributed by atoms with van der Waals surface area (Å²) >= 11 is 11.8. The molecule has 17 heavy (non-hydrogen) atoms. The summed E-state index contributed by atoms with van der Waals surface area (Å²) in [7, 11) is 0. The Morgan fingerprint density at radius 3 is 1.88 bits per heavy atom. The lowest BCUT2D eigenvalue weighted by molar-refractivity contribution is -0.137. The predicted molar refractivity (Wildman–Crippen MR) is 62.9 cm³/mol. The smallest absolute Gasteiger partial charge is 0.369 e. The molecule has 0 unspecified atom stereocenters. The van der Waals surface area contributed by atoms with Crippen molar-refractivity contribution < 1.29 is 13.2 Å². The van der Waals surface area contributed by atoms with Crippen LogP contribution in [-0.2, 0) is 6.18 Å². The van der Waals surface area contributed by atoms with E-state index >= 15 is 0 Å². The first kappa shape index (κ1) is 12.8. The fourth-order valence-electron chi connectivity index (χ4n) is 1.97. The number of anilines is 1. The van der Waals surface area contributed by atoms with Crippen LogP contribution in [0.25, 0.3) is 0 Å². The van der Waals surface area contributed by atoms with Crippen molar-refractivity contribution in [2.45, 2.75) is 19.0 Å². The van der Waals surface area contributed by atoms with E-state index < -0.39 is 11.7 Å². The molecule has 0 atom stereocenters. The molecule has 1 nitrogen and oxygen atoms in total. The lowest BCUT2D eigenvalue weighted by Crippen LogP contribution is -2.19. The minimum atomic E-state index is -4.42. The zero-order chi connectivity index (χ0) is 12.6. The van der Waals surface area contributed by atoms with Crippen LogP contribution in [0.4, 0.5) is 18.9 Å². The Kier molecular flexibility index (Phi) is 3.46. The van der Waals surface area contributed by atoms with Crippen LogP contribution in [0.5, 0.6) is 0 Å². The maximum atomic E-state index is 12.5. The standard InChI is InChI=1S/C11H10Cl2F3N/c12-8-5-7(11(14,15)16)6-9(13)10(8)17-3-1-2-4-17/h5-6H,1-4H2. The SMILES string of the molecule is FC(F)(F)c1cc(Cl)c(N2CCCC2)c(Cl)c1. The van der Waals surface area contributed by atoms with Gasteiger partial charge in [0, 0.05) is 13.1 Å². The third kappa shape index (κ3) is 2.63. The van der Waals surface area contributed by atoms with E-state index in [1.165, 1.54) is 0 Å². The summed E-state index contributed by atoms with van der Waals surface area (Å²) in [5.74, 6) is 0. The fraction of sp³-hybridized carbons (Fsp3) is 0.455. The van der Waals surface area contributed by atoms with Crippen molar-refractivity contribution in [2.24, 2.45) is 0 Å². The topological polar surface area (TPSA) is 3.24 Å². The highest BCUT2D eigenvalue weighted by molar-refractivity contribution is 6.39. The van der Waals surface area contributed by atoms with Gasteiger partial charge in [-0.3, -0.25) is 0 Å². The van der Waals surface area contributed by atoms with Gasteiger partial charge in [0.2, 0.25) is 0 Å². The maximum Gasteiger partial charge on any atom is 0.416 e. The van der Waals surface area contributed by atoms with Gasteiger partial charge in [0.1, 0.15) is 0 Å². The van der Waals surface area contributed by atoms with E-state index in [0.29, 0.717) is 5.69 Å². The Morgan fingerprint density at radius 2 is 1.47 bits per heavy atom. The summed E-state index contributed by atoms with van der Waals surface area (Å²) in [6.45, 7) is 1.57. The first-order chi connectivity index (χ1) is 7.89. The zero-order valence-electron chi connectivity index (χ0n) is 8.82. The van der Waals surface area contributed by atoms with E-state index in [-0.39, 0.29) is 10.0 Å². The van der Waals surface area contributed by atoms with E-state index in [1.807, 2.05) is 4.90 Å². The van der Waals surface area contributed by atoms with Crippen molar-refractivity contribution in [2.75, 3.05) is 18.0 Å². The van der Waals surface area contributed by atoms with Crippen LogP contribution < -0.4 is 4.90 Å². The summed E-state index contributed by atoms with van der Waals surface area (Å²) in [4.78, 5) is 1.92. The van der Waals surface area contributed by atoms with Gasteiger partial charge in [-0.2, -0.15) is 13.2 Å². The molecule has 0 spiro atoms. The summed E-state index contributed by atoms with van der Waals surface area (Å²) in [6.07, 6.45) is -2.40. The van der Waals surface area contributed by atoms with E-state index in [2.05, 4.69) is 0 Å². The van der Waals surface area contributed by atoms with E-state index in [0.717, 1.165) is 38.1 Å². The van der Waals surface area contributed by atoms with Gasteiger partial charge in [-0.15, -0.1) is 0 Å². The van der Waals surface area contributed by atoms with Gasteiger partial charge in [0.15, 0.2) is 0 Å². The van der Waals surface area contributed by atoms with Crippen LogP contribution >= 0.6 is 23.2 Å². The Balaban J connectivity index is 2.42. The molecule has 1 aliphatic rings. The number of benzene rings is 1. The average molecular weight is 284 g/mol. The Labute approximate surface area is 107 Å². The molecule has 6 heteroatoms. The predicted octanol–water partition coefficient (Wildman–Crippen LogP) is 4.61. The van der Waals surface area contributed by atoms with E-state index in [4.69, 9.17) is 23.2 Å². The van der Waals surface area contributed by atoms with Gasteiger partial charge in [0.25, 0.3) is 0 Å². The molecule has 0 aromatic heterocycles. The van der Waals surface area contributed by atoms with Gasteiger partial charge < -0.3 is 4.90 Å². The highest BCUT2D eigenvalue weighted by Gasteiger charge is 2.32. The quantitative estimate of drug-likeness (QED) is 0.727. The molecule has 1 heterocycles. The minimum absolute atomic E-state index is 0.0618. The molecule has 94 valence electrons. The largest absolute Gasteiger partial charge is 0.416 e. The Hall–Kier alpha value is -0.610. The van der Waals surface area contributed by atoms with E-state index in [9.17, 15) is 13.2 Å². The summed E-state index contributed by atoms with van der Waals surface area (Å²) in [5, 5.41) is 0.124. The fourth-order valence-corrected chi connectivity index (χ4v) is 2.70. The van der Waals surface area contributed by atoms with Gasteiger partial charge in [-0.1, -0.05) is 23.2 Å². The average Bonchev–Trinajstić information content (AvgIpc) is 2.68. The number of hydrogen-bond donors (Lipinski definition) is 0. The van der Waals surface area contributed by atoms with Crippen molar-refractivity contribution in [3.8, 4) is 0 Å². The van der Waals surface area contributed by atoms with Gasteiger partial charge in [-0.05, 0) is 25.0 Å². The highest BCUT2D eigenvalue weighted by atomic mass is 35.5. The van der Waals surface area contributed by atoms with Crippen LogP contribution in [0, 0.1) is 0 Å². The zero-order valence-corrected chi connectivity index (χ0v) is 10.3. The first-order valence-electron chi connectivity index (χ1n) is 5.21. The number of rotatable bonds is 1. The summed E-state index contributed by atoms with van der Waals surface area (Å²) in [5.41, 5.74) is -0.297. The molecule has 1 fully saturated rings. The van der Waals surface area contributed by atoms with Gasteiger partial charge >= 0.3 is 6.18 Å². The van der Waals surface area contributed by atoms with Gasteiger partial charge in [0.05, 0.1) is 21.3 Å². The molecule has 0 aliphatic carbocycles. The maximum absolute atomic E-state index is 12.5. The van der Waals surface area contributed by atoms with Gasteiger partial charge in [-0.25, -0.2) is 0 Å². The van der Waals surface area contributed by atoms with Crippen molar-refractivity contribution in [1.29, 1.82) is 0 Å². The first-order valence-corrected chi connectivity index (χ1v) is 5.96. The third-order valence-corrected chi connectivity index (χ3v) is 3.34. The monoisotopic (exact) mass is 283 g/mol. The number of alkyl halides is 3. The number of hydrogen-bond acceptors (Lipinski definition) is 1. The molecule has 0 saturated carbocycles. The van der Waals surface area contributed by atoms with Crippen LogP contribution in [0.2, 0.25) is 10.0 Å². The Bertz CT molecular complexity index is 402. The molecule has 1 aromatic rings. The van der Waals surface area contributed by atoms with Crippen molar-refractivity contribution in [1.82, 2.24) is 0 Å². The Morgan fingerprint density at radius 1 is 1.00 bits per heavy atom.